The minimum atomic E-state index is -0.853. The highest BCUT2D eigenvalue weighted by atomic mass is 16.6. The number of unbranched alkanes of at least 4 members (excludes halogenated alkanes) is 17. The average Bonchev–Trinajstić information content (AvgIpc) is 3.37. The Kier molecular flexibility index (Phi) is 54.5. The molecule has 400 valence electrons. The second kappa shape index (κ2) is 58.1. The predicted molar refractivity (Wildman–Crippen MR) is 306 cm³/mol. The summed E-state index contributed by atoms with van der Waals surface area (Å²) in [4.78, 5) is 38.1. The zero-order chi connectivity index (χ0) is 51.4. The van der Waals surface area contributed by atoms with E-state index in [0.29, 0.717) is 19.3 Å². The van der Waals surface area contributed by atoms with Gasteiger partial charge in [-0.1, -0.05) is 244 Å². The molecule has 0 aliphatic heterocycles. The van der Waals surface area contributed by atoms with E-state index in [1.165, 1.54) is 103 Å². The Hall–Kier alpha value is -4.45. The van der Waals surface area contributed by atoms with Crippen LogP contribution in [0.3, 0.4) is 0 Å². The summed E-state index contributed by atoms with van der Waals surface area (Å²) in [6.07, 6.45) is 81.9. The Morgan fingerprint density at radius 3 is 0.944 bits per heavy atom. The molecule has 0 heterocycles. The van der Waals surface area contributed by atoms with Crippen molar-refractivity contribution in [2.75, 3.05) is 13.2 Å². The van der Waals surface area contributed by atoms with E-state index < -0.39 is 12.1 Å². The molecule has 0 rings (SSSR count). The lowest BCUT2D eigenvalue weighted by Crippen LogP contribution is -2.30. The van der Waals surface area contributed by atoms with Gasteiger partial charge in [-0.3, -0.25) is 14.4 Å². The van der Waals surface area contributed by atoms with Crippen molar-refractivity contribution < 1.29 is 28.6 Å². The van der Waals surface area contributed by atoms with E-state index >= 15 is 0 Å². The maximum Gasteiger partial charge on any atom is 0.306 e. The van der Waals surface area contributed by atoms with Gasteiger partial charge >= 0.3 is 17.9 Å². The minimum Gasteiger partial charge on any atom is -0.462 e. The Morgan fingerprint density at radius 1 is 0.296 bits per heavy atom. The first-order valence-corrected chi connectivity index (χ1v) is 28.7. The summed E-state index contributed by atoms with van der Waals surface area (Å²) in [6, 6.07) is 0. The topological polar surface area (TPSA) is 78.9 Å². The fourth-order valence-corrected chi connectivity index (χ4v) is 7.42. The number of rotatable bonds is 50. The lowest BCUT2D eigenvalue weighted by atomic mass is 10.1. The van der Waals surface area contributed by atoms with Crippen molar-refractivity contribution in [1.82, 2.24) is 0 Å². The van der Waals surface area contributed by atoms with E-state index in [9.17, 15) is 14.4 Å². The Bertz CT molecular complexity index is 1550. The van der Waals surface area contributed by atoms with Crippen LogP contribution in [-0.4, -0.2) is 37.2 Å². The van der Waals surface area contributed by atoms with Crippen molar-refractivity contribution in [3.8, 4) is 0 Å². The highest BCUT2D eigenvalue weighted by Gasteiger charge is 2.19. The highest BCUT2D eigenvalue weighted by molar-refractivity contribution is 5.71. The third-order valence-electron chi connectivity index (χ3n) is 11.6. The second-order valence-corrected chi connectivity index (χ2v) is 18.4. The summed E-state index contributed by atoms with van der Waals surface area (Å²) in [6.45, 7) is 6.27. The molecule has 0 radical (unpaired) electrons. The van der Waals surface area contributed by atoms with Gasteiger partial charge in [-0.25, -0.2) is 0 Å². The molecule has 6 nitrogen and oxygen atoms in total. The van der Waals surface area contributed by atoms with E-state index in [2.05, 4.69) is 130 Å². The molecule has 0 aromatic heterocycles. The number of carbonyl (C=O) groups excluding carboxylic acids is 3. The average molecular weight is 982 g/mol. The highest BCUT2D eigenvalue weighted by Crippen LogP contribution is 2.14. The maximum atomic E-state index is 12.8. The van der Waals surface area contributed by atoms with Gasteiger partial charge in [0, 0.05) is 19.3 Å². The first-order chi connectivity index (χ1) is 35.0. The monoisotopic (exact) mass is 981 g/mol. The van der Waals surface area contributed by atoms with E-state index in [4.69, 9.17) is 14.2 Å². The van der Waals surface area contributed by atoms with Crippen LogP contribution in [0.25, 0.3) is 0 Å². The lowest BCUT2D eigenvalue weighted by molar-refractivity contribution is -0.166. The third-order valence-corrected chi connectivity index (χ3v) is 11.6. The van der Waals surface area contributed by atoms with Gasteiger partial charge in [0.15, 0.2) is 6.10 Å². The first-order valence-electron chi connectivity index (χ1n) is 28.7. The van der Waals surface area contributed by atoms with E-state index in [-0.39, 0.29) is 38.0 Å². The standard InChI is InChI=1S/C65H104O6/c1-4-7-10-13-16-19-22-25-27-29-31-32-34-35-37-40-43-46-49-52-55-58-64(67)70-61-62(60-69-63(66)57-54-51-48-45-42-39-24-21-18-15-12-9-6-3)71-65(68)59-56-53-50-47-44-41-38-36-33-30-28-26-23-20-17-14-11-8-5-2/h8-9,11-12,17-18,20-21,26,28-29,31,33,36,39,41-42,44,48,50-51,53,62H,4-7,10,13-16,19,22-25,27,30,32,34-35,37-38,40,43,45-47,49,52,54-61H2,1-3H3/b11-8-,12-9-,20-17-,21-18-,28-26-,31-29-,36-33-,42-39-,44-41-,51-48-,53-50-. The number of esters is 3. The smallest absolute Gasteiger partial charge is 0.306 e. The van der Waals surface area contributed by atoms with Gasteiger partial charge in [-0.15, -0.1) is 0 Å². The van der Waals surface area contributed by atoms with Crippen LogP contribution < -0.4 is 0 Å². The SMILES string of the molecule is CC/C=C\C/C=C\C/C=C\C/C=C\C/C=C\C/C=C\CCC(=O)OC(COC(=O)CC/C=C\C/C=C\C/C=C\C/C=C\CC)COC(=O)CCCCCCCCCCC/C=C\CCCCCCCCCC. The Labute approximate surface area is 436 Å². The summed E-state index contributed by atoms with van der Waals surface area (Å²) in [7, 11) is 0. The van der Waals surface area contributed by atoms with Crippen molar-refractivity contribution in [3.05, 3.63) is 134 Å². The molecule has 0 spiro atoms. The molecule has 0 saturated heterocycles. The lowest BCUT2D eigenvalue weighted by Gasteiger charge is -2.18. The molecule has 1 unspecified atom stereocenters. The number of hydrogen-bond acceptors (Lipinski definition) is 6. The minimum absolute atomic E-state index is 0.135. The molecule has 71 heavy (non-hydrogen) atoms. The molecule has 0 amide bonds. The third kappa shape index (κ3) is 56.3. The Morgan fingerprint density at radius 2 is 0.577 bits per heavy atom. The van der Waals surface area contributed by atoms with Gasteiger partial charge in [0.1, 0.15) is 13.2 Å². The first kappa shape index (κ1) is 66.6. The van der Waals surface area contributed by atoms with Crippen LogP contribution in [-0.2, 0) is 28.6 Å². The van der Waals surface area contributed by atoms with Gasteiger partial charge in [0.05, 0.1) is 0 Å². The number of ether oxygens (including phenoxy) is 3. The van der Waals surface area contributed by atoms with Crippen molar-refractivity contribution in [1.29, 1.82) is 0 Å². The molecular formula is C65H104O6. The molecule has 0 bridgehead atoms. The molecule has 0 aromatic carbocycles. The molecule has 0 saturated carbocycles. The summed E-state index contributed by atoms with van der Waals surface area (Å²) in [5.41, 5.74) is 0. The molecule has 0 aliphatic carbocycles. The van der Waals surface area contributed by atoms with Crippen molar-refractivity contribution >= 4 is 17.9 Å². The van der Waals surface area contributed by atoms with Crippen molar-refractivity contribution in [2.24, 2.45) is 0 Å². The van der Waals surface area contributed by atoms with Gasteiger partial charge in [-0.2, -0.15) is 0 Å². The van der Waals surface area contributed by atoms with E-state index in [1.54, 1.807) is 0 Å². The quantitative estimate of drug-likeness (QED) is 0.0262. The summed E-state index contributed by atoms with van der Waals surface area (Å²) < 4.78 is 16.7. The van der Waals surface area contributed by atoms with Crippen molar-refractivity contribution in [2.45, 2.75) is 245 Å². The van der Waals surface area contributed by atoms with E-state index in [0.717, 1.165) is 83.5 Å². The van der Waals surface area contributed by atoms with Crippen LogP contribution in [0.5, 0.6) is 0 Å². The maximum absolute atomic E-state index is 12.8. The van der Waals surface area contributed by atoms with Crippen LogP contribution in [0.15, 0.2) is 134 Å². The van der Waals surface area contributed by atoms with Crippen LogP contribution >= 0.6 is 0 Å². The zero-order valence-corrected chi connectivity index (χ0v) is 45.7. The fraction of sp³-hybridized carbons (Fsp3) is 0.615. The van der Waals surface area contributed by atoms with Crippen LogP contribution in [0.4, 0.5) is 0 Å². The van der Waals surface area contributed by atoms with Crippen LogP contribution in [0, 0.1) is 0 Å². The summed E-state index contributed by atoms with van der Waals surface area (Å²) in [5, 5.41) is 0. The van der Waals surface area contributed by atoms with Crippen LogP contribution in [0.2, 0.25) is 0 Å². The Balaban J connectivity index is 4.53. The fourth-order valence-electron chi connectivity index (χ4n) is 7.42. The zero-order valence-electron chi connectivity index (χ0n) is 45.7. The molecule has 0 fully saturated rings. The molecule has 6 heteroatoms. The molecule has 1 atom stereocenters. The number of hydrogen-bond donors (Lipinski definition) is 0. The molecule has 0 aliphatic rings. The van der Waals surface area contributed by atoms with Gasteiger partial charge in [0.25, 0.3) is 0 Å². The molecule has 0 N–H and O–H groups in total. The van der Waals surface area contributed by atoms with Crippen molar-refractivity contribution in [3.63, 3.8) is 0 Å². The van der Waals surface area contributed by atoms with Gasteiger partial charge in [-0.05, 0) is 109 Å². The normalized spacial score (nSPS) is 13.1. The molecule has 0 aromatic rings. The van der Waals surface area contributed by atoms with Gasteiger partial charge < -0.3 is 14.2 Å². The second-order valence-electron chi connectivity index (χ2n) is 18.4. The van der Waals surface area contributed by atoms with Gasteiger partial charge in [0.2, 0.25) is 0 Å². The largest absolute Gasteiger partial charge is 0.462 e. The summed E-state index contributed by atoms with van der Waals surface area (Å²) in [5.74, 6) is -1.11. The van der Waals surface area contributed by atoms with Crippen LogP contribution in [0.1, 0.15) is 239 Å². The van der Waals surface area contributed by atoms with E-state index in [1.807, 2.05) is 24.3 Å². The predicted octanol–water partition coefficient (Wildman–Crippen LogP) is 19.4. The summed E-state index contributed by atoms with van der Waals surface area (Å²) >= 11 is 0. The number of allylic oxidation sites excluding steroid dienone is 22. The molecular weight excluding hydrogens is 877 g/mol. The number of carbonyl (C=O) groups is 3.